The van der Waals surface area contributed by atoms with Gasteiger partial charge in [0.1, 0.15) is 5.69 Å². The van der Waals surface area contributed by atoms with E-state index in [1.54, 1.807) is 29.7 Å². The van der Waals surface area contributed by atoms with Crippen LogP contribution in [0.25, 0.3) is 11.0 Å². The number of hydrogen-bond donors (Lipinski definition) is 1. The molecule has 1 amide bonds. The number of carbonyl (C=O) groups is 2. The Morgan fingerprint density at radius 3 is 2.61 bits per heavy atom. The van der Waals surface area contributed by atoms with E-state index in [1.165, 1.54) is 5.56 Å². The number of aryl methyl sites for hydroxylation is 3. The second-order valence-electron chi connectivity index (χ2n) is 7.52. The fourth-order valence-electron chi connectivity index (χ4n) is 3.45. The number of carbonyl (C=O) groups excluding carboxylic acids is 2. The maximum Gasteiger partial charge on any atom is 0.338 e. The predicted molar refractivity (Wildman–Crippen MR) is 119 cm³/mol. The van der Waals surface area contributed by atoms with Crippen LogP contribution in [0.5, 0.6) is 0 Å². The number of aromatic nitrogens is 2. The standard InChI is InChI=1S/C24H27N3O4/c1-4-27-21-13-12-19(14-20(21)26-17(3)23(27)29)24(30)31-15-22(28)25-16(2)10-11-18-8-6-5-7-9-18/h5-9,12-14,16H,4,10-11,15H2,1-3H3,(H,25,28)/t16-/m1/s1. The number of nitrogens with one attached hydrogen (secondary N) is 1. The Kier molecular flexibility index (Phi) is 7.18. The average molecular weight is 421 g/mol. The van der Waals surface area contributed by atoms with Gasteiger partial charge in [-0.3, -0.25) is 9.59 Å². The largest absolute Gasteiger partial charge is 0.452 e. The van der Waals surface area contributed by atoms with Crippen LogP contribution < -0.4 is 10.9 Å². The van der Waals surface area contributed by atoms with Crippen molar-refractivity contribution in [2.24, 2.45) is 0 Å². The molecule has 7 heteroatoms. The van der Waals surface area contributed by atoms with E-state index in [2.05, 4.69) is 22.4 Å². The molecule has 7 nitrogen and oxygen atoms in total. The molecule has 0 aliphatic carbocycles. The van der Waals surface area contributed by atoms with Gasteiger partial charge in [0.05, 0.1) is 16.6 Å². The van der Waals surface area contributed by atoms with E-state index in [9.17, 15) is 14.4 Å². The zero-order valence-corrected chi connectivity index (χ0v) is 18.1. The molecular formula is C24H27N3O4. The van der Waals surface area contributed by atoms with E-state index in [4.69, 9.17) is 4.74 Å². The Bertz CT molecular complexity index is 1140. The fraction of sp³-hybridized carbons (Fsp3) is 0.333. The quantitative estimate of drug-likeness (QED) is 0.565. The van der Waals surface area contributed by atoms with Gasteiger partial charge in [-0.15, -0.1) is 0 Å². The van der Waals surface area contributed by atoms with Gasteiger partial charge in [-0.25, -0.2) is 9.78 Å². The first-order chi connectivity index (χ1) is 14.9. The summed E-state index contributed by atoms with van der Waals surface area (Å²) in [6.07, 6.45) is 1.65. The third-order valence-corrected chi connectivity index (χ3v) is 5.11. The molecule has 0 aliphatic rings. The summed E-state index contributed by atoms with van der Waals surface area (Å²) in [6.45, 7) is 5.59. The summed E-state index contributed by atoms with van der Waals surface area (Å²) in [5.41, 5.74) is 2.90. The van der Waals surface area contributed by atoms with Gasteiger partial charge in [0.15, 0.2) is 6.61 Å². The van der Waals surface area contributed by atoms with Crippen LogP contribution in [0.1, 0.15) is 41.9 Å². The van der Waals surface area contributed by atoms with Crippen molar-refractivity contribution in [2.75, 3.05) is 6.61 Å². The summed E-state index contributed by atoms with van der Waals surface area (Å²) >= 11 is 0. The van der Waals surface area contributed by atoms with Crippen molar-refractivity contribution < 1.29 is 14.3 Å². The molecule has 3 rings (SSSR count). The third kappa shape index (κ3) is 5.57. The van der Waals surface area contributed by atoms with Crippen LogP contribution in [-0.2, 0) is 22.5 Å². The van der Waals surface area contributed by atoms with Crippen molar-refractivity contribution in [1.29, 1.82) is 0 Å². The highest BCUT2D eigenvalue weighted by atomic mass is 16.5. The van der Waals surface area contributed by atoms with Crippen LogP contribution in [0.3, 0.4) is 0 Å². The summed E-state index contributed by atoms with van der Waals surface area (Å²) < 4.78 is 6.77. The number of amides is 1. The third-order valence-electron chi connectivity index (χ3n) is 5.11. The lowest BCUT2D eigenvalue weighted by Crippen LogP contribution is -2.36. The van der Waals surface area contributed by atoms with Gasteiger partial charge in [0, 0.05) is 12.6 Å². The second kappa shape index (κ2) is 10.0. The van der Waals surface area contributed by atoms with Gasteiger partial charge >= 0.3 is 5.97 Å². The maximum absolute atomic E-state index is 12.4. The number of rotatable bonds is 8. The molecular weight excluding hydrogens is 394 g/mol. The van der Waals surface area contributed by atoms with Gasteiger partial charge in [0.25, 0.3) is 11.5 Å². The molecule has 31 heavy (non-hydrogen) atoms. The molecule has 0 spiro atoms. The molecule has 0 saturated heterocycles. The number of esters is 1. The van der Waals surface area contributed by atoms with Crippen molar-refractivity contribution in [3.63, 3.8) is 0 Å². The second-order valence-corrected chi connectivity index (χ2v) is 7.52. The maximum atomic E-state index is 12.4. The summed E-state index contributed by atoms with van der Waals surface area (Å²) in [7, 11) is 0. The topological polar surface area (TPSA) is 90.3 Å². The molecule has 0 fully saturated rings. The first-order valence-electron chi connectivity index (χ1n) is 10.4. The molecule has 1 heterocycles. The van der Waals surface area contributed by atoms with Crippen molar-refractivity contribution in [2.45, 2.75) is 46.2 Å². The Hall–Kier alpha value is -3.48. The first kappa shape index (κ1) is 22.2. The lowest BCUT2D eigenvalue weighted by Gasteiger charge is -2.14. The molecule has 0 saturated carbocycles. The van der Waals surface area contributed by atoms with E-state index < -0.39 is 5.97 Å². The van der Waals surface area contributed by atoms with Crippen LogP contribution >= 0.6 is 0 Å². The van der Waals surface area contributed by atoms with Crippen molar-refractivity contribution in [3.05, 3.63) is 75.7 Å². The molecule has 0 bridgehead atoms. The Balaban J connectivity index is 1.56. The Morgan fingerprint density at radius 1 is 1.16 bits per heavy atom. The minimum atomic E-state index is -0.609. The van der Waals surface area contributed by atoms with E-state index >= 15 is 0 Å². The van der Waals surface area contributed by atoms with Crippen molar-refractivity contribution in [3.8, 4) is 0 Å². The van der Waals surface area contributed by atoms with Gasteiger partial charge < -0.3 is 14.6 Å². The van der Waals surface area contributed by atoms with Crippen LogP contribution in [0.15, 0.2) is 53.3 Å². The van der Waals surface area contributed by atoms with Crippen LogP contribution in [0.4, 0.5) is 0 Å². The van der Waals surface area contributed by atoms with Crippen molar-refractivity contribution >= 4 is 22.9 Å². The highest BCUT2D eigenvalue weighted by Gasteiger charge is 2.14. The van der Waals surface area contributed by atoms with Gasteiger partial charge in [0.2, 0.25) is 0 Å². The lowest BCUT2D eigenvalue weighted by molar-refractivity contribution is -0.124. The molecule has 0 radical (unpaired) electrons. The molecule has 162 valence electrons. The van der Waals surface area contributed by atoms with E-state index in [0.29, 0.717) is 23.3 Å². The molecule has 1 atom stereocenters. The Labute approximate surface area is 181 Å². The van der Waals surface area contributed by atoms with Gasteiger partial charge in [-0.1, -0.05) is 30.3 Å². The highest BCUT2D eigenvalue weighted by Crippen LogP contribution is 2.14. The lowest BCUT2D eigenvalue weighted by atomic mass is 10.1. The normalized spacial score (nSPS) is 11.8. The van der Waals surface area contributed by atoms with Crippen LogP contribution in [-0.4, -0.2) is 34.1 Å². The number of ether oxygens (including phenoxy) is 1. The fourth-order valence-corrected chi connectivity index (χ4v) is 3.45. The summed E-state index contributed by atoms with van der Waals surface area (Å²) in [5.74, 6) is -0.953. The molecule has 1 aromatic heterocycles. The predicted octanol–water partition coefficient (Wildman–Crippen LogP) is 3.02. The monoisotopic (exact) mass is 421 g/mol. The summed E-state index contributed by atoms with van der Waals surface area (Å²) in [5, 5.41) is 2.85. The minimum Gasteiger partial charge on any atom is -0.452 e. The first-order valence-corrected chi connectivity index (χ1v) is 10.4. The molecule has 2 aromatic carbocycles. The molecule has 0 unspecified atom stereocenters. The average Bonchev–Trinajstić information content (AvgIpc) is 2.77. The highest BCUT2D eigenvalue weighted by molar-refractivity contribution is 5.94. The van der Waals surface area contributed by atoms with E-state index in [-0.39, 0.29) is 29.7 Å². The summed E-state index contributed by atoms with van der Waals surface area (Å²) in [6, 6.07) is 14.8. The summed E-state index contributed by atoms with van der Waals surface area (Å²) in [4.78, 5) is 41.0. The zero-order chi connectivity index (χ0) is 22.4. The molecule has 0 aliphatic heterocycles. The van der Waals surface area contributed by atoms with Crippen LogP contribution in [0, 0.1) is 6.92 Å². The van der Waals surface area contributed by atoms with Gasteiger partial charge in [-0.2, -0.15) is 0 Å². The van der Waals surface area contributed by atoms with E-state index in [1.807, 2.05) is 32.0 Å². The SMILES string of the molecule is CCn1c(=O)c(C)nc2cc(C(=O)OCC(=O)N[C@H](C)CCc3ccccc3)ccc21. The number of fused-ring (bicyclic) bond motifs is 1. The molecule has 3 aromatic rings. The van der Waals surface area contributed by atoms with Crippen molar-refractivity contribution in [1.82, 2.24) is 14.9 Å². The number of benzene rings is 2. The number of nitrogens with zero attached hydrogens (tertiary/aromatic N) is 2. The number of hydrogen-bond acceptors (Lipinski definition) is 5. The zero-order valence-electron chi connectivity index (χ0n) is 18.1. The van der Waals surface area contributed by atoms with E-state index in [0.717, 1.165) is 12.8 Å². The van der Waals surface area contributed by atoms with Crippen LogP contribution in [0.2, 0.25) is 0 Å². The Morgan fingerprint density at radius 2 is 1.90 bits per heavy atom. The smallest absolute Gasteiger partial charge is 0.338 e. The molecule has 1 N–H and O–H groups in total. The van der Waals surface area contributed by atoms with Gasteiger partial charge in [-0.05, 0) is 57.4 Å². The minimum absolute atomic E-state index is 0.0370.